The summed E-state index contributed by atoms with van der Waals surface area (Å²) < 4.78 is 1.78. The van der Waals surface area contributed by atoms with Crippen LogP contribution in [0.15, 0.2) is 36.0 Å². The zero-order chi connectivity index (χ0) is 14.8. The number of amides is 1. The molecule has 0 fully saturated rings. The molecule has 3 N–H and O–H groups in total. The van der Waals surface area contributed by atoms with E-state index < -0.39 is 0 Å². The Morgan fingerprint density at radius 1 is 1.38 bits per heavy atom. The first-order valence-corrected chi connectivity index (χ1v) is 6.99. The van der Waals surface area contributed by atoms with E-state index in [1.807, 2.05) is 25.2 Å². The molecule has 0 spiro atoms. The first-order chi connectivity index (χ1) is 10.1. The van der Waals surface area contributed by atoms with Gasteiger partial charge < -0.3 is 15.6 Å². The quantitative estimate of drug-likeness (QED) is 0.768. The number of carbonyl (C=O) groups is 1. The highest BCUT2D eigenvalue weighted by atomic mass is 32.1. The second kappa shape index (κ2) is 5.33. The summed E-state index contributed by atoms with van der Waals surface area (Å²) in [6, 6.07) is 7.39. The molecule has 7 nitrogen and oxygen atoms in total. The SMILES string of the molecule is Cn1cnnc1-c1ccccc1NC(=O)c1csc(N)n1. The minimum atomic E-state index is -0.308. The minimum Gasteiger partial charge on any atom is -0.375 e. The van der Waals surface area contributed by atoms with Crippen LogP contribution in [0.2, 0.25) is 0 Å². The van der Waals surface area contributed by atoms with Gasteiger partial charge >= 0.3 is 0 Å². The van der Waals surface area contributed by atoms with Crippen molar-refractivity contribution >= 4 is 28.1 Å². The smallest absolute Gasteiger partial charge is 0.275 e. The highest BCUT2D eigenvalue weighted by Crippen LogP contribution is 2.26. The van der Waals surface area contributed by atoms with Gasteiger partial charge in [0.15, 0.2) is 11.0 Å². The van der Waals surface area contributed by atoms with Crippen LogP contribution in [0.25, 0.3) is 11.4 Å². The molecule has 3 rings (SSSR count). The second-order valence-electron chi connectivity index (χ2n) is 4.34. The van der Waals surface area contributed by atoms with Gasteiger partial charge in [0, 0.05) is 18.0 Å². The van der Waals surface area contributed by atoms with Crippen molar-refractivity contribution in [2.24, 2.45) is 7.05 Å². The molecule has 0 radical (unpaired) electrons. The maximum absolute atomic E-state index is 12.2. The number of nitrogens with one attached hydrogen (secondary N) is 1. The number of carbonyl (C=O) groups excluding carboxylic acids is 1. The van der Waals surface area contributed by atoms with Crippen molar-refractivity contribution < 1.29 is 4.79 Å². The number of hydrogen-bond donors (Lipinski definition) is 2. The lowest BCUT2D eigenvalue weighted by Gasteiger charge is -2.09. The lowest BCUT2D eigenvalue weighted by Crippen LogP contribution is -2.13. The fraction of sp³-hybridized carbons (Fsp3) is 0.0769. The van der Waals surface area contributed by atoms with Gasteiger partial charge in [-0.25, -0.2) is 4.98 Å². The maximum Gasteiger partial charge on any atom is 0.275 e. The van der Waals surface area contributed by atoms with Crippen molar-refractivity contribution in [3.05, 3.63) is 41.7 Å². The Balaban J connectivity index is 1.93. The van der Waals surface area contributed by atoms with Crippen molar-refractivity contribution in [3.63, 3.8) is 0 Å². The van der Waals surface area contributed by atoms with Crippen molar-refractivity contribution in [1.82, 2.24) is 19.7 Å². The zero-order valence-electron chi connectivity index (χ0n) is 11.1. The van der Waals surface area contributed by atoms with Crippen LogP contribution in [0.1, 0.15) is 10.5 Å². The third kappa shape index (κ3) is 2.61. The van der Waals surface area contributed by atoms with E-state index in [1.165, 1.54) is 11.3 Å². The van der Waals surface area contributed by atoms with E-state index in [-0.39, 0.29) is 5.91 Å². The first-order valence-electron chi connectivity index (χ1n) is 6.11. The van der Waals surface area contributed by atoms with Crippen molar-refractivity contribution in [3.8, 4) is 11.4 Å². The van der Waals surface area contributed by atoms with Crippen LogP contribution in [0.3, 0.4) is 0 Å². The van der Waals surface area contributed by atoms with Crippen LogP contribution in [-0.2, 0) is 7.05 Å². The van der Waals surface area contributed by atoms with Gasteiger partial charge in [0.25, 0.3) is 5.91 Å². The lowest BCUT2D eigenvalue weighted by molar-refractivity contribution is 0.102. The summed E-state index contributed by atoms with van der Waals surface area (Å²) in [5, 5.41) is 12.7. The van der Waals surface area contributed by atoms with Crippen LogP contribution in [0.4, 0.5) is 10.8 Å². The Kier molecular flexibility index (Phi) is 3.36. The average Bonchev–Trinajstić information content (AvgIpc) is 3.08. The molecule has 0 unspecified atom stereocenters. The number of anilines is 2. The molecule has 106 valence electrons. The standard InChI is InChI=1S/C13H12N6OS/c1-19-7-15-18-11(19)8-4-2-3-5-9(8)16-12(20)10-6-21-13(14)17-10/h2-7H,1H3,(H2,14,17)(H,16,20). The largest absolute Gasteiger partial charge is 0.375 e. The molecular weight excluding hydrogens is 288 g/mol. The molecule has 0 saturated carbocycles. The van der Waals surface area contributed by atoms with E-state index in [2.05, 4.69) is 20.5 Å². The third-order valence-corrected chi connectivity index (χ3v) is 3.56. The zero-order valence-corrected chi connectivity index (χ0v) is 12.0. The Morgan fingerprint density at radius 2 is 2.19 bits per heavy atom. The van der Waals surface area contributed by atoms with Crippen LogP contribution in [0.5, 0.6) is 0 Å². The molecule has 21 heavy (non-hydrogen) atoms. The van der Waals surface area contributed by atoms with Gasteiger partial charge in [0.2, 0.25) is 0 Å². The van der Waals surface area contributed by atoms with Gasteiger partial charge in [-0.05, 0) is 12.1 Å². The van der Waals surface area contributed by atoms with Gasteiger partial charge in [-0.15, -0.1) is 21.5 Å². The van der Waals surface area contributed by atoms with Crippen LogP contribution < -0.4 is 11.1 Å². The second-order valence-corrected chi connectivity index (χ2v) is 5.23. The summed E-state index contributed by atoms with van der Waals surface area (Å²) in [7, 11) is 1.84. The van der Waals surface area contributed by atoms with E-state index in [1.54, 1.807) is 22.3 Å². The van der Waals surface area contributed by atoms with E-state index in [9.17, 15) is 4.79 Å². The van der Waals surface area contributed by atoms with E-state index in [0.717, 1.165) is 5.56 Å². The number of nitrogen functional groups attached to an aromatic ring is 1. The van der Waals surface area contributed by atoms with Gasteiger partial charge in [-0.2, -0.15) is 0 Å². The molecule has 0 aliphatic carbocycles. The maximum atomic E-state index is 12.2. The number of hydrogen-bond acceptors (Lipinski definition) is 6. The Morgan fingerprint density at radius 3 is 2.86 bits per heavy atom. The predicted molar refractivity (Wildman–Crippen MR) is 80.9 cm³/mol. The molecular formula is C13H12N6OS. The van der Waals surface area contributed by atoms with Gasteiger partial charge in [-0.1, -0.05) is 12.1 Å². The van der Waals surface area contributed by atoms with Crippen LogP contribution >= 0.6 is 11.3 Å². The highest BCUT2D eigenvalue weighted by molar-refractivity contribution is 7.13. The molecule has 0 aliphatic heterocycles. The molecule has 3 aromatic rings. The molecule has 0 aliphatic rings. The Labute approximate surface area is 124 Å². The molecule has 8 heteroatoms. The molecule has 2 heterocycles. The minimum absolute atomic E-state index is 0.297. The van der Waals surface area contributed by atoms with Gasteiger partial charge in [0.1, 0.15) is 12.0 Å². The molecule has 1 aromatic carbocycles. The summed E-state index contributed by atoms with van der Waals surface area (Å²) in [5.74, 6) is 0.362. The number of benzene rings is 1. The monoisotopic (exact) mass is 300 g/mol. The lowest BCUT2D eigenvalue weighted by atomic mass is 10.1. The summed E-state index contributed by atoms with van der Waals surface area (Å²) in [4.78, 5) is 16.1. The van der Waals surface area contributed by atoms with Gasteiger partial charge in [0.05, 0.1) is 5.69 Å². The number of aryl methyl sites for hydroxylation is 1. The Hall–Kier alpha value is -2.74. The Bertz CT molecular complexity index is 793. The highest BCUT2D eigenvalue weighted by Gasteiger charge is 2.14. The molecule has 0 atom stereocenters. The van der Waals surface area contributed by atoms with E-state index in [0.29, 0.717) is 22.3 Å². The van der Waals surface area contributed by atoms with Crippen LogP contribution in [0, 0.1) is 0 Å². The summed E-state index contributed by atoms with van der Waals surface area (Å²) in [5.41, 5.74) is 7.27. The number of nitrogens with two attached hydrogens (primary N) is 1. The normalized spacial score (nSPS) is 10.5. The number of aromatic nitrogens is 4. The number of thiazole rings is 1. The number of rotatable bonds is 3. The summed E-state index contributed by atoms with van der Waals surface area (Å²) >= 11 is 1.23. The van der Waals surface area contributed by atoms with Crippen LogP contribution in [-0.4, -0.2) is 25.7 Å². The number of nitrogens with zero attached hydrogens (tertiary/aromatic N) is 4. The van der Waals surface area contributed by atoms with E-state index >= 15 is 0 Å². The van der Waals surface area contributed by atoms with E-state index in [4.69, 9.17) is 5.73 Å². The molecule has 0 saturated heterocycles. The fourth-order valence-electron chi connectivity index (χ4n) is 1.89. The van der Waals surface area contributed by atoms with Crippen molar-refractivity contribution in [1.29, 1.82) is 0 Å². The average molecular weight is 300 g/mol. The fourth-order valence-corrected chi connectivity index (χ4v) is 2.44. The topological polar surface area (TPSA) is 98.7 Å². The van der Waals surface area contributed by atoms with Gasteiger partial charge in [-0.3, -0.25) is 4.79 Å². The van der Waals surface area contributed by atoms with Crippen molar-refractivity contribution in [2.45, 2.75) is 0 Å². The molecule has 1 amide bonds. The molecule has 2 aromatic heterocycles. The summed E-state index contributed by atoms with van der Waals surface area (Å²) in [6.45, 7) is 0. The predicted octanol–water partition coefficient (Wildman–Crippen LogP) is 1.77. The first kappa shape index (κ1) is 13.3. The molecule has 0 bridgehead atoms. The van der Waals surface area contributed by atoms with Crippen molar-refractivity contribution in [2.75, 3.05) is 11.1 Å². The number of para-hydroxylation sites is 1. The third-order valence-electron chi connectivity index (χ3n) is 2.88. The summed E-state index contributed by atoms with van der Waals surface area (Å²) in [6.07, 6.45) is 1.61.